The van der Waals surface area contributed by atoms with Crippen molar-refractivity contribution in [2.45, 2.75) is 289 Å². The molecule has 0 aliphatic carbocycles. The van der Waals surface area contributed by atoms with Crippen LogP contribution < -0.4 is 5.32 Å². The highest BCUT2D eigenvalue weighted by Crippen LogP contribution is 2.18. The zero-order chi connectivity index (χ0) is 43.8. The second-order valence-corrected chi connectivity index (χ2v) is 18.0. The predicted molar refractivity (Wildman–Crippen MR) is 259 cm³/mol. The Hall–Kier alpha value is -1.92. The van der Waals surface area contributed by atoms with Crippen molar-refractivity contribution in [3.8, 4) is 0 Å². The van der Waals surface area contributed by atoms with Crippen LogP contribution in [0.25, 0.3) is 0 Å². The fourth-order valence-electron chi connectivity index (χ4n) is 8.02. The standard InChI is InChI=1S/C54H101NO5/c1-4-7-10-13-16-19-22-24-26-28-29-31-33-36-39-42-45-50(60-54(59)47-44-41-38-35-32-30-27-25-23-20-17-14-11-8-5-2)48-53(58)55-51(49-56)52(57)46-43-40-37-34-21-18-15-12-9-6-3/h22,24,26,28-29,31,50-52,56-57H,4-21,23,25,27,30,32-49H2,1-3H3,(H,55,58)/b24-22+,28-26+,31-29+. The smallest absolute Gasteiger partial charge is 0.306 e. The van der Waals surface area contributed by atoms with Gasteiger partial charge in [-0.15, -0.1) is 0 Å². The van der Waals surface area contributed by atoms with Gasteiger partial charge in [0.05, 0.1) is 25.2 Å². The molecule has 0 saturated carbocycles. The summed E-state index contributed by atoms with van der Waals surface area (Å²) < 4.78 is 5.92. The molecule has 1 amide bonds. The summed E-state index contributed by atoms with van der Waals surface area (Å²) >= 11 is 0. The SMILES string of the molecule is CCCCCCC/C=C/C=C/C=C/CCCCCC(CC(=O)NC(CO)C(O)CCCCCCCCCCCC)OC(=O)CCCCCCCCCCCCCCCCC. The predicted octanol–water partition coefficient (Wildman–Crippen LogP) is 15.7. The minimum atomic E-state index is -0.793. The number of esters is 1. The summed E-state index contributed by atoms with van der Waals surface area (Å²) in [6.07, 6.45) is 56.3. The van der Waals surface area contributed by atoms with Crippen LogP contribution in [-0.4, -0.2) is 46.9 Å². The number of hydrogen-bond acceptors (Lipinski definition) is 5. The Bertz CT molecular complexity index is 993. The third-order valence-electron chi connectivity index (χ3n) is 12.0. The number of ether oxygens (including phenoxy) is 1. The number of unbranched alkanes of at least 4 members (excludes halogenated alkanes) is 31. The van der Waals surface area contributed by atoms with Crippen molar-refractivity contribution in [1.82, 2.24) is 5.32 Å². The van der Waals surface area contributed by atoms with Gasteiger partial charge in [0.25, 0.3) is 0 Å². The van der Waals surface area contributed by atoms with Crippen LogP contribution in [0.3, 0.4) is 0 Å². The Kier molecular flexibility index (Phi) is 46.6. The quantitative estimate of drug-likeness (QED) is 0.0322. The number of carbonyl (C=O) groups is 2. The molecule has 0 saturated heterocycles. The minimum absolute atomic E-state index is 0.0586. The van der Waals surface area contributed by atoms with Crippen LogP contribution in [0.4, 0.5) is 0 Å². The molecule has 3 N–H and O–H groups in total. The third kappa shape index (κ3) is 42.8. The van der Waals surface area contributed by atoms with E-state index in [1.807, 2.05) is 0 Å². The number of carbonyl (C=O) groups excluding carboxylic acids is 2. The molecule has 0 radical (unpaired) electrons. The number of rotatable bonds is 47. The lowest BCUT2D eigenvalue weighted by atomic mass is 10.0. The van der Waals surface area contributed by atoms with E-state index in [-0.39, 0.29) is 24.9 Å². The fraction of sp³-hybridized carbons (Fsp3) is 0.852. The molecule has 6 nitrogen and oxygen atoms in total. The zero-order valence-electron chi connectivity index (χ0n) is 40.1. The van der Waals surface area contributed by atoms with Crippen molar-refractivity contribution in [1.29, 1.82) is 0 Å². The molecule has 0 spiro atoms. The van der Waals surface area contributed by atoms with Crippen molar-refractivity contribution >= 4 is 11.9 Å². The molecular formula is C54H101NO5. The van der Waals surface area contributed by atoms with Gasteiger partial charge in [0.2, 0.25) is 5.91 Å². The van der Waals surface area contributed by atoms with E-state index in [1.54, 1.807) is 0 Å². The number of aliphatic hydroxyl groups is 2. The maximum Gasteiger partial charge on any atom is 0.306 e. The van der Waals surface area contributed by atoms with Gasteiger partial charge < -0.3 is 20.3 Å². The van der Waals surface area contributed by atoms with Crippen molar-refractivity contribution in [2.24, 2.45) is 0 Å². The third-order valence-corrected chi connectivity index (χ3v) is 12.0. The first-order chi connectivity index (χ1) is 29.5. The molecule has 0 bridgehead atoms. The van der Waals surface area contributed by atoms with Crippen molar-refractivity contribution in [2.75, 3.05) is 6.61 Å². The molecular weight excluding hydrogens is 743 g/mol. The molecule has 60 heavy (non-hydrogen) atoms. The molecule has 3 atom stereocenters. The number of aliphatic hydroxyl groups excluding tert-OH is 2. The average molecular weight is 844 g/mol. The lowest BCUT2D eigenvalue weighted by molar-refractivity contribution is -0.151. The van der Waals surface area contributed by atoms with Gasteiger partial charge in [0.1, 0.15) is 6.10 Å². The van der Waals surface area contributed by atoms with Gasteiger partial charge in [-0.25, -0.2) is 0 Å². The average Bonchev–Trinajstić information content (AvgIpc) is 3.24. The summed E-state index contributed by atoms with van der Waals surface area (Å²) in [5, 5.41) is 23.7. The van der Waals surface area contributed by atoms with E-state index in [2.05, 4.69) is 62.5 Å². The van der Waals surface area contributed by atoms with E-state index >= 15 is 0 Å². The monoisotopic (exact) mass is 844 g/mol. The van der Waals surface area contributed by atoms with E-state index in [9.17, 15) is 19.8 Å². The summed E-state index contributed by atoms with van der Waals surface area (Å²) in [7, 11) is 0. The van der Waals surface area contributed by atoms with Crippen LogP contribution in [0, 0.1) is 0 Å². The fourth-order valence-corrected chi connectivity index (χ4v) is 8.02. The highest BCUT2D eigenvalue weighted by Gasteiger charge is 2.24. The summed E-state index contributed by atoms with van der Waals surface area (Å²) in [6, 6.07) is -0.709. The molecule has 3 unspecified atom stereocenters. The van der Waals surface area contributed by atoms with E-state index in [0.717, 1.165) is 70.6 Å². The number of hydrogen-bond donors (Lipinski definition) is 3. The summed E-state index contributed by atoms with van der Waals surface area (Å²) in [4.78, 5) is 26.1. The van der Waals surface area contributed by atoms with Crippen LogP contribution in [0.5, 0.6) is 0 Å². The summed E-state index contributed by atoms with van der Waals surface area (Å²) in [5.74, 6) is -0.497. The van der Waals surface area contributed by atoms with Gasteiger partial charge in [-0.1, -0.05) is 243 Å². The first-order valence-electron chi connectivity index (χ1n) is 26.2. The highest BCUT2D eigenvalue weighted by atomic mass is 16.5. The van der Waals surface area contributed by atoms with E-state index in [0.29, 0.717) is 19.3 Å². The second-order valence-electron chi connectivity index (χ2n) is 18.0. The van der Waals surface area contributed by atoms with Crippen LogP contribution in [0.1, 0.15) is 271 Å². The van der Waals surface area contributed by atoms with Gasteiger partial charge in [-0.3, -0.25) is 9.59 Å². The van der Waals surface area contributed by atoms with Crippen LogP contribution in [0.15, 0.2) is 36.5 Å². The lowest BCUT2D eigenvalue weighted by Gasteiger charge is -2.24. The molecule has 0 aliphatic heterocycles. The Morgan fingerprint density at radius 2 is 0.850 bits per heavy atom. The molecule has 0 aromatic carbocycles. The summed E-state index contributed by atoms with van der Waals surface area (Å²) in [5.41, 5.74) is 0. The number of amides is 1. The van der Waals surface area contributed by atoms with Gasteiger partial charge in [0.15, 0.2) is 0 Å². The molecule has 0 aliphatic rings. The topological polar surface area (TPSA) is 95.9 Å². The van der Waals surface area contributed by atoms with E-state index in [4.69, 9.17) is 4.74 Å². The van der Waals surface area contributed by atoms with Crippen LogP contribution in [0.2, 0.25) is 0 Å². The van der Waals surface area contributed by atoms with Crippen LogP contribution >= 0.6 is 0 Å². The minimum Gasteiger partial charge on any atom is -0.462 e. The first-order valence-corrected chi connectivity index (χ1v) is 26.2. The molecule has 352 valence electrons. The zero-order valence-corrected chi connectivity index (χ0v) is 40.1. The number of allylic oxidation sites excluding steroid dienone is 6. The van der Waals surface area contributed by atoms with E-state index < -0.39 is 18.2 Å². The Morgan fingerprint density at radius 3 is 1.28 bits per heavy atom. The molecule has 0 fully saturated rings. The Labute approximate surface area is 373 Å². The lowest BCUT2D eigenvalue weighted by Crippen LogP contribution is -2.46. The first kappa shape index (κ1) is 58.1. The van der Waals surface area contributed by atoms with Gasteiger partial charge >= 0.3 is 5.97 Å². The highest BCUT2D eigenvalue weighted by molar-refractivity contribution is 5.77. The van der Waals surface area contributed by atoms with Crippen LogP contribution in [-0.2, 0) is 14.3 Å². The maximum absolute atomic E-state index is 13.2. The van der Waals surface area contributed by atoms with E-state index in [1.165, 1.54) is 154 Å². The molecule has 0 heterocycles. The molecule has 0 rings (SSSR count). The van der Waals surface area contributed by atoms with Gasteiger partial charge in [-0.2, -0.15) is 0 Å². The van der Waals surface area contributed by atoms with Crippen molar-refractivity contribution in [3.63, 3.8) is 0 Å². The second kappa shape index (κ2) is 48.1. The molecule has 0 aromatic heterocycles. The largest absolute Gasteiger partial charge is 0.462 e. The van der Waals surface area contributed by atoms with Gasteiger partial charge in [0, 0.05) is 6.42 Å². The Balaban J connectivity index is 4.63. The summed E-state index contributed by atoms with van der Waals surface area (Å²) in [6.45, 7) is 6.46. The molecule has 6 heteroatoms. The Morgan fingerprint density at radius 1 is 0.483 bits per heavy atom. The van der Waals surface area contributed by atoms with Crippen molar-refractivity contribution < 1.29 is 24.5 Å². The number of nitrogens with one attached hydrogen (secondary N) is 1. The molecule has 0 aromatic rings. The normalized spacial score (nSPS) is 13.5. The van der Waals surface area contributed by atoms with Crippen molar-refractivity contribution in [3.05, 3.63) is 36.5 Å². The van der Waals surface area contributed by atoms with Gasteiger partial charge in [-0.05, 0) is 51.4 Å². The maximum atomic E-state index is 13.2.